The SMILES string of the molecule is CCCOP(=O)(OCCN(C)C)OCn1cc(CCN(C)C)c2ccccc21. The van der Waals surface area contributed by atoms with E-state index in [0.717, 1.165) is 24.9 Å². The van der Waals surface area contributed by atoms with Crippen LogP contribution in [0.25, 0.3) is 10.9 Å². The minimum atomic E-state index is -3.61. The molecule has 8 heteroatoms. The quantitative estimate of drug-likeness (QED) is 0.467. The normalized spacial score (nSPS) is 14.2. The van der Waals surface area contributed by atoms with Crippen molar-refractivity contribution >= 4 is 18.7 Å². The van der Waals surface area contributed by atoms with E-state index in [-0.39, 0.29) is 13.3 Å². The molecule has 1 aromatic heterocycles. The number of rotatable bonds is 13. The summed E-state index contributed by atoms with van der Waals surface area (Å²) >= 11 is 0. The van der Waals surface area contributed by atoms with Crippen LogP contribution >= 0.6 is 7.82 Å². The Morgan fingerprint density at radius 3 is 2.32 bits per heavy atom. The molecule has 28 heavy (non-hydrogen) atoms. The molecule has 0 amide bonds. The number of hydrogen-bond acceptors (Lipinski definition) is 6. The highest BCUT2D eigenvalue weighted by Gasteiger charge is 2.27. The minimum Gasteiger partial charge on any atom is -0.323 e. The molecule has 0 aliphatic carbocycles. The van der Waals surface area contributed by atoms with Gasteiger partial charge in [0.05, 0.1) is 18.7 Å². The van der Waals surface area contributed by atoms with E-state index >= 15 is 0 Å². The smallest absolute Gasteiger partial charge is 0.323 e. The van der Waals surface area contributed by atoms with Gasteiger partial charge in [0.2, 0.25) is 0 Å². The second-order valence-corrected chi connectivity index (χ2v) is 9.04. The summed E-state index contributed by atoms with van der Waals surface area (Å²) in [5, 5.41) is 1.19. The molecule has 1 aromatic carbocycles. The second kappa shape index (κ2) is 11.1. The molecule has 7 nitrogen and oxygen atoms in total. The minimum absolute atomic E-state index is 0.117. The van der Waals surface area contributed by atoms with Crippen LogP contribution in [0.5, 0.6) is 0 Å². The Labute approximate surface area is 168 Å². The number of benzene rings is 1. The highest BCUT2D eigenvalue weighted by molar-refractivity contribution is 7.48. The Balaban J connectivity index is 2.13. The summed E-state index contributed by atoms with van der Waals surface area (Å²) < 4.78 is 31.6. The number of para-hydroxylation sites is 1. The number of likely N-dealkylation sites (N-methyl/N-ethyl adjacent to an activating group) is 2. The van der Waals surface area contributed by atoms with Crippen LogP contribution in [0, 0.1) is 0 Å². The molecule has 0 spiro atoms. The van der Waals surface area contributed by atoms with Crippen molar-refractivity contribution in [1.29, 1.82) is 0 Å². The lowest BCUT2D eigenvalue weighted by Gasteiger charge is -2.19. The number of aromatic nitrogens is 1. The van der Waals surface area contributed by atoms with Gasteiger partial charge in [-0.25, -0.2) is 4.57 Å². The maximum absolute atomic E-state index is 13.0. The van der Waals surface area contributed by atoms with Gasteiger partial charge in [-0.15, -0.1) is 0 Å². The zero-order valence-electron chi connectivity index (χ0n) is 17.8. The summed E-state index contributed by atoms with van der Waals surface area (Å²) in [6.07, 6.45) is 3.74. The molecule has 2 rings (SSSR count). The van der Waals surface area contributed by atoms with Crippen LogP contribution in [-0.2, 0) is 31.3 Å². The van der Waals surface area contributed by atoms with Crippen molar-refractivity contribution in [3.8, 4) is 0 Å². The highest BCUT2D eigenvalue weighted by Crippen LogP contribution is 2.50. The molecule has 0 saturated carbocycles. The average Bonchev–Trinajstić information content (AvgIpc) is 3.01. The first-order valence-electron chi connectivity index (χ1n) is 9.74. The van der Waals surface area contributed by atoms with Crippen molar-refractivity contribution < 1.29 is 18.1 Å². The summed E-state index contributed by atoms with van der Waals surface area (Å²) in [6.45, 7) is 4.30. The lowest BCUT2D eigenvalue weighted by Crippen LogP contribution is -2.18. The predicted octanol–water partition coefficient (Wildman–Crippen LogP) is 3.83. The lowest BCUT2D eigenvalue weighted by atomic mass is 10.1. The predicted molar refractivity (Wildman–Crippen MR) is 114 cm³/mol. The van der Waals surface area contributed by atoms with Crippen LogP contribution in [0.4, 0.5) is 0 Å². The van der Waals surface area contributed by atoms with Crippen molar-refractivity contribution in [2.75, 3.05) is 54.5 Å². The Morgan fingerprint density at radius 1 is 0.964 bits per heavy atom. The Morgan fingerprint density at radius 2 is 1.64 bits per heavy atom. The van der Waals surface area contributed by atoms with Crippen molar-refractivity contribution in [2.24, 2.45) is 0 Å². The molecule has 0 fully saturated rings. The molecule has 0 saturated heterocycles. The molecule has 2 aromatic rings. The topological polar surface area (TPSA) is 56.2 Å². The summed E-state index contributed by atoms with van der Waals surface area (Å²) in [6, 6.07) is 8.18. The van der Waals surface area contributed by atoms with Crippen LogP contribution in [0.1, 0.15) is 18.9 Å². The van der Waals surface area contributed by atoms with E-state index in [1.807, 2.05) is 48.7 Å². The molecule has 1 unspecified atom stereocenters. The zero-order chi connectivity index (χ0) is 20.6. The molecule has 158 valence electrons. The standard InChI is InChI=1S/C20H34N3O4P/c1-6-14-25-28(24,26-15-13-22(4)5)27-17-23-16-18(11-12-21(2)3)19-9-7-8-10-20(19)23/h7-10,16H,6,11-15,17H2,1-5H3. The van der Waals surface area contributed by atoms with E-state index in [1.165, 1.54) is 10.9 Å². The van der Waals surface area contributed by atoms with Gasteiger partial charge in [0.25, 0.3) is 0 Å². The highest BCUT2D eigenvalue weighted by atomic mass is 31.2. The van der Waals surface area contributed by atoms with E-state index in [4.69, 9.17) is 13.6 Å². The van der Waals surface area contributed by atoms with Gasteiger partial charge in [-0.3, -0.25) is 13.6 Å². The van der Waals surface area contributed by atoms with Crippen molar-refractivity contribution in [1.82, 2.24) is 14.4 Å². The largest absolute Gasteiger partial charge is 0.476 e. The third-order valence-corrected chi connectivity index (χ3v) is 5.73. The van der Waals surface area contributed by atoms with Crippen LogP contribution in [0.15, 0.2) is 30.5 Å². The maximum atomic E-state index is 13.0. The van der Waals surface area contributed by atoms with Gasteiger partial charge in [0.15, 0.2) is 0 Å². The molecule has 0 N–H and O–H groups in total. The van der Waals surface area contributed by atoms with Gasteiger partial charge in [-0.2, -0.15) is 0 Å². The van der Waals surface area contributed by atoms with E-state index < -0.39 is 7.82 Å². The molecule has 1 heterocycles. The van der Waals surface area contributed by atoms with E-state index in [1.54, 1.807) is 0 Å². The van der Waals surface area contributed by atoms with Crippen molar-refractivity contribution in [2.45, 2.75) is 26.5 Å². The van der Waals surface area contributed by atoms with Crippen LogP contribution < -0.4 is 0 Å². The molecular formula is C20H34N3O4P. The van der Waals surface area contributed by atoms with Gasteiger partial charge >= 0.3 is 7.82 Å². The molecule has 0 aliphatic rings. The van der Waals surface area contributed by atoms with E-state index in [9.17, 15) is 4.57 Å². The van der Waals surface area contributed by atoms with Crippen LogP contribution in [0.2, 0.25) is 0 Å². The van der Waals surface area contributed by atoms with Gasteiger partial charge < -0.3 is 14.4 Å². The molecule has 0 radical (unpaired) electrons. The van der Waals surface area contributed by atoms with E-state index in [0.29, 0.717) is 13.2 Å². The summed E-state index contributed by atoms with van der Waals surface area (Å²) in [4.78, 5) is 4.12. The van der Waals surface area contributed by atoms with Gasteiger partial charge in [0.1, 0.15) is 6.73 Å². The average molecular weight is 411 g/mol. The summed E-state index contributed by atoms with van der Waals surface area (Å²) in [7, 11) is 4.38. The third-order valence-electron chi connectivity index (χ3n) is 4.30. The number of nitrogens with zero attached hydrogens (tertiary/aromatic N) is 3. The number of fused-ring (bicyclic) bond motifs is 1. The first kappa shape index (κ1) is 23.1. The van der Waals surface area contributed by atoms with Crippen molar-refractivity contribution in [3.05, 3.63) is 36.0 Å². The first-order chi connectivity index (χ1) is 13.3. The van der Waals surface area contributed by atoms with Gasteiger partial charge in [0, 0.05) is 24.7 Å². The monoisotopic (exact) mass is 411 g/mol. The fourth-order valence-corrected chi connectivity index (χ4v) is 3.96. The Kier molecular flexibility index (Phi) is 9.15. The fourth-order valence-electron chi connectivity index (χ4n) is 2.76. The number of hydrogen-bond donors (Lipinski definition) is 0. The maximum Gasteiger partial charge on any atom is 0.476 e. The van der Waals surface area contributed by atoms with E-state index in [2.05, 4.69) is 31.3 Å². The Bertz CT molecular complexity index is 776. The number of phosphoric acid groups is 1. The summed E-state index contributed by atoms with van der Waals surface area (Å²) in [5.74, 6) is 0. The van der Waals surface area contributed by atoms with Crippen LogP contribution in [0.3, 0.4) is 0 Å². The van der Waals surface area contributed by atoms with Crippen LogP contribution in [-0.4, -0.2) is 68.9 Å². The lowest BCUT2D eigenvalue weighted by molar-refractivity contribution is 0.0867. The second-order valence-electron chi connectivity index (χ2n) is 7.37. The third kappa shape index (κ3) is 6.99. The van der Waals surface area contributed by atoms with Crippen molar-refractivity contribution in [3.63, 3.8) is 0 Å². The fraction of sp³-hybridized carbons (Fsp3) is 0.600. The molecule has 1 atom stereocenters. The Hall–Kier alpha value is -1.21. The molecule has 0 aliphatic heterocycles. The van der Waals surface area contributed by atoms with Gasteiger partial charge in [-0.1, -0.05) is 25.1 Å². The number of phosphoric ester groups is 1. The first-order valence-corrected chi connectivity index (χ1v) is 11.2. The molecule has 0 bridgehead atoms. The zero-order valence-corrected chi connectivity index (χ0v) is 18.7. The van der Waals surface area contributed by atoms with Gasteiger partial charge in [-0.05, 0) is 52.7 Å². The molecular weight excluding hydrogens is 377 g/mol. The summed E-state index contributed by atoms with van der Waals surface area (Å²) in [5.41, 5.74) is 2.29.